The molecule has 0 aliphatic heterocycles. The van der Waals surface area contributed by atoms with Crippen LogP contribution in [0.25, 0.3) is 0 Å². The Kier molecular flexibility index (Phi) is 5.07. The van der Waals surface area contributed by atoms with Crippen molar-refractivity contribution in [2.24, 2.45) is 5.73 Å². The number of ether oxygens (including phenoxy) is 2. The first-order valence-corrected chi connectivity index (χ1v) is 5.16. The zero-order valence-electron chi connectivity index (χ0n) is 8.73. The molecule has 4 heteroatoms. The summed E-state index contributed by atoms with van der Waals surface area (Å²) in [7, 11) is 1.68. The fourth-order valence-corrected chi connectivity index (χ4v) is 1.24. The predicted octanol–water partition coefficient (Wildman–Crippen LogP) is 1.74. The molecule has 0 aromatic heterocycles. The summed E-state index contributed by atoms with van der Waals surface area (Å²) in [6.07, 6.45) is 0.882. The summed E-state index contributed by atoms with van der Waals surface area (Å²) in [5.41, 5.74) is 6.33. The van der Waals surface area contributed by atoms with E-state index in [2.05, 4.69) is 0 Å². The first-order valence-electron chi connectivity index (χ1n) is 4.75. The Bertz CT molecular complexity index is 311. The van der Waals surface area contributed by atoms with Gasteiger partial charge in [0.15, 0.2) is 0 Å². The average molecular weight is 225 g/mol. The van der Waals surface area contributed by atoms with Crippen LogP contribution >= 0.6 is 12.2 Å². The van der Waals surface area contributed by atoms with Crippen molar-refractivity contribution in [1.82, 2.24) is 0 Å². The molecule has 0 spiro atoms. The summed E-state index contributed by atoms with van der Waals surface area (Å²) < 4.78 is 10.4. The Morgan fingerprint density at radius 3 is 2.47 bits per heavy atom. The smallest absolute Gasteiger partial charge is 0.119 e. The minimum Gasteiger partial charge on any atom is -0.494 e. The van der Waals surface area contributed by atoms with Crippen LogP contribution in [0.5, 0.6) is 5.75 Å². The Balaban J connectivity index is 2.39. The summed E-state index contributed by atoms with van der Waals surface area (Å²) in [6.45, 7) is 1.37. The van der Waals surface area contributed by atoms with Crippen LogP contribution in [0.15, 0.2) is 24.3 Å². The third-order valence-electron chi connectivity index (χ3n) is 1.90. The van der Waals surface area contributed by atoms with Gasteiger partial charge in [-0.1, -0.05) is 12.2 Å². The van der Waals surface area contributed by atoms with E-state index < -0.39 is 0 Å². The maximum Gasteiger partial charge on any atom is 0.119 e. The molecule has 1 rings (SSSR count). The summed E-state index contributed by atoms with van der Waals surface area (Å²) >= 11 is 4.85. The lowest BCUT2D eigenvalue weighted by molar-refractivity contribution is 0.172. The topological polar surface area (TPSA) is 44.5 Å². The zero-order chi connectivity index (χ0) is 11.1. The van der Waals surface area contributed by atoms with E-state index in [1.165, 1.54) is 0 Å². The molecule has 0 aliphatic carbocycles. The quantitative estimate of drug-likeness (QED) is 0.591. The Morgan fingerprint density at radius 2 is 1.93 bits per heavy atom. The van der Waals surface area contributed by atoms with Crippen molar-refractivity contribution in [1.29, 1.82) is 0 Å². The van der Waals surface area contributed by atoms with Crippen molar-refractivity contribution in [3.63, 3.8) is 0 Å². The van der Waals surface area contributed by atoms with Gasteiger partial charge in [0.1, 0.15) is 10.7 Å². The predicted molar refractivity (Wildman–Crippen MR) is 64.3 cm³/mol. The van der Waals surface area contributed by atoms with E-state index >= 15 is 0 Å². The molecule has 0 saturated heterocycles. The molecule has 0 unspecified atom stereocenters. The van der Waals surface area contributed by atoms with Gasteiger partial charge in [-0.05, 0) is 24.3 Å². The van der Waals surface area contributed by atoms with E-state index in [4.69, 9.17) is 27.4 Å². The van der Waals surface area contributed by atoms with Crippen molar-refractivity contribution in [3.05, 3.63) is 29.8 Å². The van der Waals surface area contributed by atoms with Crippen molar-refractivity contribution in [2.75, 3.05) is 20.3 Å². The molecule has 2 N–H and O–H groups in total. The number of nitrogens with two attached hydrogens (primary N) is 1. The number of methoxy groups -OCH3 is 1. The third-order valence-corrected chi connectivity index (χ3v) is 2.14. The average Bonchev–Trinajstić information content (AvgIpc) is 2.25. The molecule has 0 bridgehead atoms. The molecule has 1 aromatic carbocycles. The molecular formula is C11H15NO2S. The normalized spacial score (nSPS) is 9.93. The molecule has 0 fully saturated rings. The summed E-state index contributed by atoms with van der Waals surface area (Å²) in [5, 5.41) is 0. The lowest BCUT2D eigenvalue weighted by Gasteiger charge is -2.06. The van der Waals surface area contributed by atoms with Crippen LogP contribution in [-0.2, 0) is 4.74 Å². The fraction of sp³-hybridized carbons (Fsp3) is 0.364. The van der Waals surface area contributed by atoms with Crippen LogP contribution < -0.4 is 10.5 Å². The van der Waals surface area contributed by atoms with Crippen molar-refractivity contribution in [2.45, 2.75) is 6.42 Å². The van der Waals surface area contributed by atoms with Gasteiger partial charge in [0.2, 0.25) is 0 Å². The first kappa shape index (κ1) is 11.9. The number of rotatable bonds is 6. The van der Waals surface area contributed by atoms with E-state index in [1.54, 1.807) is 7.11 Å². The van der Waals surface area contributed by atoms with E-state index in [0.29, 0.717) is 18.2 Å². The van der Waals surface area contributed by atoms with Gasteiger partial charge in [0.25, 0.3) is 0 Å². The summed E-state index contributed by atoms with van der Waals surface area (Å²) in [5.74, 6) is 0.825. The Hall–Kier alpha value is -1.13. The molecule has 0 amide bonds. The van der Waals surface area contributed by atoms with Crippen LogP contribution in [0.2, 0.25) is 0 Å². The van der Waals surface area contributed by atoms with E-state index in [-0.39, 0.29) is 0 Å². The van der Waals surface area contributed by atoms with Crippen molar-refractivity contribution < 1.29 is 9.47 Å². The fourth-order valence-electron chi connectivity index (χ4n) is 1.11. The molecule has 0 heterocycles. The van der Waals surface area contributed by atoms with Crippen molar-refractivity contribution >= 4 is 17.2 Å². The third kappa shape index (κ3) is 4.27. The molecule has 82 valence electrons. The number of benzene rings is 1. The van der Waals surface area contributed by atoms with Gasteiger partial charge in [-0.3, -0.25) is 0 Å². The summed E-state index contributed by atoms with van der Waals surface area (Å²) in [6, 6.07) is 7.44. The van der Waals surface area contributed by atoms with E-state index in [0.717, 1.165) is 17.7 Å². The molecule has 0 aliphatic rings. The second-order valence-corrected chi connectivity index (χ2v) is 3.52. The number of hydrogen-bond donors (Lipinski definition) is 1. The highest BCUT2D eigenvalue weighted by molar-refractivity contribution is 7.80. The standard InChI is InChI=1S/C11H15NO2S/c1-13-7-2-8-14-10-5-3-9(4-6-10)11(12)15/h3-6H,2,7-8H2,1H3,(H2,12,15). The molecule has 3 nitrogen and oxygen atoms in total. The molecule has 0 saturated carbocycles. The van der Waals surface area contributed by atoms with Crippen LogP contribution in [0.3, 0.4) is 0 Å². The van der Waals surface area contributed by atoms with E-state index in [9.17, 15) is 0 Å². The highest BCUT2D eigenvalue weighted by Gasteiger charge is 1.97. The Morgan fingerprint density at radius 1 is 1.27 bits per heavy atom. The van der Waals surface area contributed by atoms with Crippen molar-refractivity contribution in [3.8, 4) is 5.75 Å². The number of thiocarbonyl (C=S) groups is 1. The van der Waals surface area contributed by atoms with Crippen LogP contribution in [-0.4, -0.2) is 25.3 Å². The lowest BCUT2D eigenvalue weighted by atomic mass is 10.2. The first-order chi connectivity index (χ1) is 7.24. The molecular weight excluding hydrogens is 210 g/mol. The van der Waals surface area contributed by atoms with Gasteiger partial charge in [-0.25, -0.2) is 0 Å². The highest BCUT2D eigenvalue weighted by atomic mass is 32.1. The molecule has 0 atom stereocenters. The minimum atomic E-state index is 0.404. The maximum atomic E-state index is 5.48. The maximum absolute atomic E-state index is 5.48. The van der Waals surface area contributed by atoms with Crippen LogP contribution in [0.4, 0.5) is 0 Å². The number of hydrogen-bond acceptors (Lipinski definition) is 3. The lowest BCUT2D eigenvalue weighted by Crippen LogP contribution is -2.09. The summed E-state index contributed by atoms with van der Waals surface area (Å²) in [4.78, 5) is 0.404. The van der Waals surface area contributed by atoms with Gasteiger partial charge in [-0.15, -0.1) is 0 Å². The van der Waals surface area contributed by atoms with Gasteiger partial charge < -0.3 is 15.2 Å². The van der Waals surface area contributed by atoms with E-state index in [1.807, 2.05) is 24.3 Å². The van der Waals surface area contributed by atoms with Gasteiger partial charge >= 0.3 is 0 Å². The van der Waals surface area contributed by atoms with Gasteiger partial charge in [0.05, 0.1) is 6.61 Å². The minimum absolute atomic E-state index is 0.404. The second-order valence-electron chi connectivity index (χ2n) is 3.08. The second kappa shape index (κ2) is 6.37. The molecule has 15 heavy (non-hydrogen) atoms. The van der Waals surface area contributed by atoms with Gasteiger partial charge in [-0.2, -0.15) is 0 Å². The van der Waals surface area contributed by atoms with Crippen LogP contribution in [0, 0.1) is 0 Å². The highest BCUT2D eigenvalue weighted by Crippen LogP contribution is 2.12. The molecule has 0 radical (unpaired) electrons. The zero-order valence-corrected chi connectivity index (χ0v) is 9.55. The SMILES string of the molecule is COCCCOc1ccc(C(N)=S)cc1. The van der Waals surface area contributed by atoms with Gasteiger partial charge in [0, 0.05) is 25.7 Å². The van der Waals surface area contributed by atoms with Crippen LogP contribution in [0.1, 0.15) is 12.0 Å². The largest absolute Gasteiger partial charge is 0.494 e. The molecule has 1 aromatic rings. The Labute approximate surface area is 95.2 Å². The monoisotopic (exact) mass is 225 g/mol.